The van der Waals surface area contributed by atoms with E-state index in [1.807, 2.05) is 0 Å². The standard InChI is InChI=1S/C15H30N2O/c1-4-8-16-14(13-6-7-13)15(3,5-2)17-9-11-18-12-10-17/h13-14,16H,4-12H2,1-3H3. The van der Waals surface area contributed by atoms with Gasteiger partial charge in [-0.3, -0.25) is 4.90 Å². The van der Waals surface area contributed by atoms with Crippen LogP contribution in [0.25, 0.3) is 0 Å². The SMILES string of the molecule is CCCNC(C1CC1)C(C)(CC)N1CCOCC1. The fourth-order valence-corrected chi connectivity index (χ4v) is 3.34. The zero-order valence-electron chi connectivity index (χ0n) is 12.4. The Morgan fingerprint density at radius 2 is 1.94 bits per heavy atom. The number of hydrogen-bond acceptors (Lipinski definition) is 3. The summed E-state index contributed by atoms with van der Waals surface area (Å²) in [6, 6.07) is 0.667. The minimum Gasteiger partial charge on any atom is -0.379 e. The third-order valence-corrected chi connectivity index (χ3v) is 4.83. The molecule has 0 aromatic carbocycles. The average molecular weight is 254 g/mol. The number of ether oxygens (including phenoxy) is 1. The molecule has 0 radical (unpaired) electrons. The molecule has 2 aliphatic rings. The Bertz CT molecular complexity index is 249. The fraction of sp³-hybridized carbons (Fsp3) is 1.00. The first-order valence-corrected chi connectivity index (χ1v) is 7.78. The van der Waals surface area contributed by atoms with Crippen LogP contribution < -0.4 is 5.32 Å². The molecule has 0 spiro atoms. The Hall–Kier alpha value is -0.120. The van der Waals surface area contributed by atoms with E-state index in [0.29, 0.717) is 11.6 Å². The zero-order chi connectivity index (χ0) is 13.0. The van der Waals surface area contributed by atoms with Gasteiger partial charge in [-0.2, -0.15) is 0 Å². The quantitative estimate of drug-likeness (QED) is 0.754. The Kier molecular flexibility index (Phi) is 5.05. The highest BCUT2D eigenvalue weighted by Crippen LogP contribution is 2.40. The zero-order valence-corrected chi connectivity index (χ0v) is 12.4. The monoisotopic (exact) mass is 254 g/mol. The minimum absolute atomic E-state index is 0.306. The van der Waals surface area contributed by atoms with E-state index in [1.54, 1.807) is 0 Å². The van der Waals surface area contributed by atoms with Crippen molar-refractivity contribution in [3.8, 4) is 0 Å². The summed E-state index contributed by atoms with van der Waals surface area (Å²) in [5, 5.41) is 3.84. The Labute approximate surface area is 112 Å². The lowest BCUT2D eigenvalue weighted by molar-refractivity contribution is -0.0354. The molecular weight excluding hydrogens is 224 g/mol. The second kappa shape index (κ2) is 6.36. The first kappa shape index (κ1) is 14.3. The highest BCUT2D eigenvalue weighted by molar-refractivity contribution is 5.03. The second-order valence-electron chi connectivity index (χ2n) is 6.08. The molecule has 0 aromatic rings. The van der Waals surface area contributed by atoms with Crippen molar-refractivity contribution in [3.05, 3.63) is 0 Å². The van der Waals surface area contributed by atoms with E-state index >= 15 is 0 Å². The van der Waals surface area contributed by atoms with E-state index in [-0.39, 0.29) is 0 Å². The Morgan fingerprint density at radius 3 is 2.44 bits per heavy atom. The maximum atomic E-state index is 5.51. The van der Waals surface area contributed by atoms with Gasteiger partial charge in [0.25, 0.3) is 0 Å². The van der Waals surface area contributed by atoms with Gasteiger partial charge in [0.05, 0.1) is 13.2 Å². The Morgan fingerprint density at radius 1 is 1.28 bits per heavy atom. The van der Waals surface area contributed by atoms with Crippen LogP contribution in [0.2, 0.25) is 0 Å². The number of nitrogens with one attached hydrogen (secondary N) is 1. The van der Waals surface area contributed by atoms with Crippen LogP contribution in [-0.4, -0.2) is 49.3 Å². The highest BCUT2D eigenvalue weighted by Gasteiger charge is 2.45. The summed E-state index contributed by atoms with van der Waals surface area (Å²) in [7, 11) is 0. The molecule has 1 aliphatic carbocycles. The number of nitrogens with zero attached hydrogens (tertiary/aromatic N) is 1. The van der Waals surface area contributed by atoms with Gasteiger partial charge in [-0.1, -0.05) is 13.8 Å². The average Bonchev–Trinajstić information content (AvgIpc) is 3.24. The molecule has 1 heterocycles. The third-order valence-electron chi connectivity index (χ3n) is 4.83. The van der Waals surface area contributed by atoms with Crippen LogP contribution in [-0.2, 0) is 4.74 Å². The molecule has 2 atom stereocenters. The van der Waals surface area contributed by atoms with Gasteiger partial charge in [0.1, 0.15) is 0 Å². The predicted molar refractivity (Wildman–Crippen MR) is 75.9 cm³/mol. The molecule has 0 aromatic heterocycles. The van der Waals surface area contributed by atoms with Crippen molar-refractivity contribution in [2.45, 2.75) is 58.0 Å². The molecule has 18 heavy (non-hydrogen) atoms. The van der Waals surface area contributed by atoms with E-state index < -0.39 is 0 Å². The van der Waals surface area contributed by atoms with Crippen molar-refractivity contribution in [2.75, 3.05) is 32.8 Å². The molecule has 106 valence electrons. The summed E-state index contributed by atoms with van der Waals surface area (Å²) < 4.78 is 5.51. The van der Waals surface area contributed by atoms with Crippen LogP contribution >= 0.6 is 0 Å². The van der Waals surface area contributed by atoms with Crippen molar-refractivity contribution >= 4 is 0 Å². The summed E-state index contributed by atoms with van der Waals surface area (Å²) in [4.78, 5) is 2.67. The van der Waals surface area contributed by atoms with Gasteiger partial charge < -0.3 is 10.1 Å². The van der Waals surface area contributed by atoms with Crippen molar-refractivity contribution in [1.29, 1.82) is 0 Å². The maximum absolute atomic E-state index is 5.51. The van der Waals surface area contributed by atoms with Crippen LogP contribution in [0.5, 0.6) is 0 Å². The van der Waals surface area contributed by atoms with Gasteiger partial charge in [0.2, 0.25) is 0 Å². The molecule has 2 fully saturated rings. The largest absolute Gasteiger partial charge is 0.379 e. The lowest BCUT2D eigenvalue weighted by Crippen LogP contribution is -2.62. The molecule has 2 rings (SSSR count). The molecule has 2 unspecified atom stereocenters. The van der Waals surface area contributed by atoms with Gasteiger partial charge in [-0.05, 0) is 45.1 Å². The fourth-order valence-electron chi connectivity index (χ4n) is 3.34. The predicted octanol–water partition coefficient (Wildman–Crippen LogP) is 2.27. The molecule has 3 heteroatoms. The summed E-state index contributed by atoms with van der Waals surface area (Å²) >= 11 is 0. The minimum atomic E-state index is 0.306. The lowest BCUT2D eigenvalue weighted by Gasteiger charge is -2.48. The smallest absolute Gasteiger partial charge is 0.0594 e. The lowest BCUT2D eigenvalue weighted by atomic mass is 9.83. The molecule has 0 bridgehead atoms. The second-order valence-corrected chi connectivity index (χ2v) is 6.08. The Balaban J connectivity index is 2.05. The van der Waals surface area contributed by atoms with Crippen molar-refractivity contribution in [1.82, 2.24) is 10.2 Å². The molecule has 1 saturated heterocycles. The van der Waals surface area contributed by atoms with Gasteiger partial charge in [0.15, 0.2) is 0 Å². The molecule has 1 aliphatic heterocycles. The van der Waals surface area contributed by atoms with Gasteiger partial charge in [-0.15, -0.1) is 0 Å². The van der Waals surface area contributed by atoms with Crippen LogP contribution in [0.3, 0.4) is 0 Å². The van der Waals surface area contributed by atoms with Crippen LogP contribution in [0.4, 0.5) is 0 Å². The normalized spacial score (nSPS) is 26.8. The van der Waals surface area contributed by atoms with E-state index in [0.717, 1.165) is 38.8 Å². The maximum Gasteiger partial charge on any atom is 0.0594 e. The van der Waals surface area contributed by atoms with Crippen LogP contribution in [0, 0.1) is 5.92 Å². The summed E-state index contributed by atoms with van der Waals surface area (Å²) in [6.45, 7) is 12.2. The summed E-state index contributed by atoms with van der Waals surface area (Å²) in [6.07, 6.45) is 5.29. The molecule has 1 N–H and O–H groups in total. The van der Waals surface area contributed by atoms with Crippen molar-refractivity contribution in [3.63, 3.8) is 0 Å². The van der Waals surface area contributed by atoms with E-state index in [9.17, 15) is 0 Å². The first-order valence-electron chi connectivity index (χ1n) is 7.78. The number of morpholine rings is 1. The van der Waals surface area contributed by atoms with Gasteiger partial charge in [0, 0.05) is 24.7 Å². The van der Waals surface area contributed by atoms with Crippen molar-refractivity contribution in [2.24, 2.45) is 5.92 Å². The van der Waals surface area contributed by atoms with Crippen LogP contribution in [0.15, 0.2) is 0 Å². The summed E-state index contributed by atoms with van der Waals surface area (Å²) in [5.74, 6) is 0.907. The third kappa shape index (κ3) is 3.06. The molecule has 0 amide bonds. The van der Waals surface area contributed by atoms with Gasteiger partial charge >= 0.3 is 0 Å². The van der Waals surface area contributed by atoms with Crippen molar-refractivity contribution < 1.29 is 4.74 Å². The van der Waals surface area contributed by atoms with E-state index in [4.69, 9.17) is 4.74 Å². The van der Waals surface area contributed by atoms with E-state index in [2.05, 4.69) is 31.0 Å². The van der Waals surface area contributed by atoms with Gasteiger partial charge in [-0.25, -0.2) is 0 Å². The summed E-state index contributed by atoms with van der Waals surface area (Å²) in [5.41, 5.74) is 0.306. The molecule has 1 saturated carbocycles. The van der Waals surface area contributed by atoms with Crippen LogP contribution in [0.1, 0.15) is 46.5 Å². The first-order chi connectivity index (χ1) is 8.72. The molecular formula is C15H30N2O. The highest BCUT2D eigenvalue weighted by atomic mass is 16.5. The number of rotatable bonds is 7. The number of hydrogen-bond donors (Lipinski definition) is 1. The van der Waals surface area contributed by atoms with E-state index in [1.165, 1.54) is 25.7 Å². The molecule has 3 nitrogen and oxygen atoms in total. The topological polar surface area (TPSA) is 24.5 Å².